The first-order valence-corrected chi connectivity index (χ1v) is 10.6. The number of piperidine rings is 1. The van der Waals surface area contributed by atoms with Gasteiger partial charge in [-0.1, -0.05) is 11.6 Å². The molecule has 1 aromatic heterocycles. The highest BCUT2D eigenvalue weighted by Crippen LogP contribution is 2.45. The number of aromatic amines is 1. The molecule has 1 atom stereocenters. The number of nitrogens with zero attached hydrogens (tertiary/aromatic N) is 2. The number of methoxy groups -OCH3 is 1. The van der Waals surface area contributed by atoms with Gasteiger partial charge in [0, 0.05) is 35.5 Å². The molecule has 1 saturated carbocycles. The maximum atomic E-state index is 13.2. The van der Waals surface area contributed by atoms with E-state index in [0.717, 1.165) is 55.6 Å². The molecule has 1 unspecified atom stereocenters. The van der Waals surface area contributed by atoms with E-state index in [0.29, 0.717) is 35.3 Å². The molecule has 3 aliphatic rings. The summed E-state index contributed by atoms with van der Waals surface area (Å²) in [5.41, 5.74) is 2.12. The fourth-order valence-electron chi connectivity index (χ4n) is 4.90. The smallest absolute Gasteiger partial charge is 0.254 e. The number of rotatable bonds is 3. The van der Waals surface area contributed by atoms with Gasteiger partial charge in [-0.15, -0.1) is 0 Å². The van der Waals surface area contributed by atoms with Gasteiger partial charge in [0.05, 0.1) is 17.8 Å². The molecule has 1 amide bonds. The molecule has 7 heteroatoms. The Morgan fingerprint density at radius 2 is 2.17 bits per heavy atom. The second-order valence-corrected chi connectivity index (χ2v) is 8.92. The predicted octanol–water partition coefficient (Wildman–Crippen LogP) is 3.43. The van der Waals surface area contributed by atoms with E-state index in [2.05, 4.69) is 4.98 Å². The van der Waals surface area contributed by atoms with E-state index < -0.39 is 0 Å². The Labute approximate surface area is 174 Å². The molecule has 152 valence electrons. The number of H-pyrrole nitrogens is 1. The molecule has 1 aromatic carbocycles. The number of nitrogens with one attached hydrogen (secondary N) is 1. The zero-order valence-electron chi connectivity index (χ0n) is 16.5. The number of halogens is 1. The van der Waals surface area contributed by atoms with Crippen LogP contribution in [-0.4, -0.2) is 41.0 Å². The Hall–Kier alpha value is -2.34. The van der Waals surface area contributed by atoms with Crippen LogP contribution in [0.1, 0.15) is 65.5 Å². The van der Waals surface area contributed by atoms with Crippen molar-refractivity contribution in [1.82, 2.24) is 14.9 Å². The summed E-state index contributed by atoms with van der Waals surface area (Å²) < 4.78 is 5.19. The summed E-state index contributed by atoms with van der Waals surface area (Å²) in [6, 6.07) is 5.15. The number of likely N-dealkylation sites (tertiary alicyclic amines) is 1. The van der Waals surface area contributed by atoms with E-state index in [9.17, 15) is 9.59 Å². The molecular formula is C22H24ClN3O3. The van der Waals surface area contributed by atoms with Crippen molar-refractivity contribution >= 4 is 17.5 Å². The van der Waals surface area contributed by atoms with Crippen molar-refractivity contribution in [3.05, 3.63) is 56.2 Å². The van der Waals surface area contributed by atoms with Crippen LogP contribution in [0.15, 0.2) is 23.0 Å². The summed E-state index contributed by atoms with van der Waals surface area (Å²) >= 11 is 6.23. The number of carbonyl (C=O) groups excluding carboxylic acids is 1. The van der Waals surface area contributed by atoms with E-state index in [1.165, 1.54) is 0 Å². The molecule has 29 heavy (non-hydrogen) atoms. The van der Waals surface area contributed by atoms with Crippen molar-refractivity contribution in [2.24, 2.45) is 0 Å². The first kappa shape index (κ1) is 18.7. The fraction of sp³-hybridized carbons (Fsp3) is 0.500. The lowest BCUT2D eigenvalue weighted by molar-refractivity contribution is 0.0633. The van der Waals surface area contributed by atoms with Crippen LogP contribution in [0.3, 0.4) is 0 Å². The second-order valence-electron chi connectivity index (χ2n) is 8.51. The molecule has 1 aliphatic heterocycles. The topological polar surface area (TPSA) is 75.3 Å². The van der Waals surface area contributed by atoms with Crippen molar-refractivity contribution < 1.29 is 9.53 Å². The van der Waals surface area contributed by atoms with Gasteiger partial charge in [0.1, 0.15) is 11.6 Å². The normalized spacial score (nSPS) is 23.3. The molecule has 1 spiro atoms. The van der Waals surface area contributed by atoms with Gasteiger partial charge in [-0.25, -0.2) is 4.98 Å². The van der Waals surface area contributed by atoms with Gasteiger partial charge in [0.15, 0.2) is 0 Å². The summed E-state index contributed by atoms with van der Waals surface area (Å²) in [4.78, 5) is 35.6. The highest BCUT2D eigenvalue weighted by atomic mass is 35.5. The molecule has 6 nitrogen and oxygen atoms in total. The largest absolute Gasteiger partial charge is 0.495 e. The number of fused-ring (bicyclic) bond motifs is 2. The van der Waals surface area contributed by atoms with Crippen molar-refractivity contribution in [2.45, 2.75) is 49.9 Å². The predicted molar refractivity (Wildman–Crippen MR) is 110 cm³/mol. The van der Waals surface area contributed by atoms with E-state index in [1.807, 2.05) is 4.90 Å². The van der Waals surface area contributed by atoms with Gasteiger partial charge < -0.3 is 14.6 Å². The molecule has 1 saturated heterocycles. The Morgan fingerprint density at radius 1 is 1.34 bits per heavy atom. The lowest BCUT2D eigenvalue weighted by atomic mass is 9.77. The fourth-order valence-corrected chi connectivity index (χ4v) is 5.16. The molecule has 2 aromatic rings. The van der Waals surface area contributed by atoms with Crippen LogP contribution >= 0.6 is 11.6 Å². The number of benzene rings is 1. The minimum absolute atomic E-state index is 0.0131. The van der Waals surface area contributed by atoms with Crippen LogP contribution in [-0.2, 0) is 11.8 Å². The van der Waals surface area contributed by atoms with Crippen molar-refractivity contribution in [3.8, 4) is 5.75 Å². The number of aromatic nitrogens is 2. The third kappa shape index (κ3) is 3.14. The minimum atomic E-state index is -0.211. The van der Waals surface area contributed by atoms with Crippen LogP contribution < -0.4 is 10.3 Å². The Kier molecular flexibility index (Phi) is 4.42. The maximum Gasteiger partial charge on any atom is 0.254 e. The summed E-state index contributed by atoms with van der Waals surface area (Å²) in [6.07, 6.45) is 5.67. The van der Waals surface area contributed by atoms with Crippen LogP contribution in [0, 0.1) is 0 Å². The quantitative estimate of drug-likeness (QED) is 0.836. The van der Waals surface area contributed by atoms with E-state index in [-0.39, 0.29) is 16.9 Å². The zero-order valence-corrected chi connectivity index (χ0v) is 17.2. The summed E-state index contributed by atoms with van der Waals surface area (Å²) in [5, 5.41) is 0.429. The van der Waals surface area contributed by atoms with Gasteiger partial charge in [-0.3, -0.25) is 9.59 Å². The lowest BCUT2D eigenvalue weighted by Crippen LogP contribution is -2.48. The van der Waals surface area contributed by atoms with Crippen LogP contribution in [0.2, 0.25) is 5.02 Å². The molecular weight excluding hydrogens is 390 g/mol. The lowest BCUT2D eigenvalue weighted by Gasteiger charge is -2.40. The second kappa shape index (κ2) is 6.87. The third-order valence-corrected chi connectivity index (χ3v) is 6.91. The van der Waals surface area contributed by atoms with Gasteiger partial charge >= 0.3 is 0 Å². The van der Waals surface area contributed by atoms with Crippen LogP contribution in [0.25, 0.3) is 0 Å². The molecule has 0 bridgehead atoms. The zero-order chi connectivity index (χ0) is 20.2. The standard InChI is InChI=1S/C22H24ClN3O3/c1-29-17-6-5-14(11-16(17)23)21(28)26-10-2-8-22(12-26)9-7-15-18(22)24-19(13-3-4-13)25-20(15)27/h5-6,11,13H,2-4,7-10,12H2,1H3,(H,24,25,27). The average Bonchev–Trinajstić information content (AvgIpc) is 3.52. The monoisotopic (exact) mass is 413 g/mol. The van der Waals surface area contributed by atoms with Crippen LogP contribution in [0.5, 0.6) is 5.75 Å². The molecule has 2 heterocycles. The first-order valence-electron chi connectivity index (χ1n) is 10.3. The van der Waals surface area contributed by atoms with Crippen LogP contribution in [0.4, 0.5) is 0 Å². The highest BCUT2D eigenvalue weighted by molar-refractivity contribution is 6.32. The molecule has 5 rings (SSSR count). The Balaban J connectivity index is 1.45. The van der Waals surface area contributed by atoms with Gasteiger partial charge in [-0.2, -0.15) is 0 Å². The SMILES string of the molecule is COc1ccc(C(=O)N2CCCC3(CCc4c3nc(C3CC3)[nH]c4=O)C2)cc1Cl. The molecule has 0 radical (unpaired) electrons. The number of hydrogen-bond acceptors (Lipinski definition) is 4. The minimum Gasteiger partial charge on any atom is -0.495 e. The molecule has 1 N–H and O–H groups in total. The van der Waals surface area contributed by atoms with Gasteiger partial charge in [-0.05, 0) is 56.7 Å². The molecule has 2 fully saturated rings. The summed E-state index contributed by atoms with van der Waals surface area (Å²) in [7, 11) is 1.55. The maximum absolute atomic E-state index is 13.2. The van der Waals surface area contributed by atoms with E-state index in [1.54, 1.807) is 25.3 Å². The van der Waals surface area contributed by atoms with Crippen molar-refractivity contribution in [1.29, 1.82) is 0 Å². The van der Waals surface area contributed by atoms with Crippen molar-refractivity contribution in [2.75, 3.05) is 20.2 Å². The molecule has 2 aliphatic carbocycles. The number of hydrogen-bond donors (Lipinski definition) is 1. The number of carbonyl (C=O) groups is 1. The number of ether oxygens (including phenoxy) is 1. The van der Waals surface area contributed by atoms with Gasteiger partial charge in [0.2, 0.25) is 0 Å². The average molecular weight is 414 g/mol. The Bertz CT molecular complexity index is 1050. The highest BCUT2D eigenvalue weighted by Gasteiger charge is 2.46. The van der Waals surface area contributed by atoms with Crippen molar-refractivity contribution in [3.63, 3.8) is 0 Å². The van der Waals surface area contributed by atoms with Gasteiger partial charge in [0.25, 0.3) is 11.5 Å². The summed E-state index contributed by atoms with van der Waals surface area (Å²) in [5.74, 6) is 1.75. The number of amides is 1. The van der Waals surface area contributed by atoms with E-state index >= 15 is 0 Å². The first-order chi connectivity index (χ1) is 14.0. The Morgan fingerprint density at radius 3 is 2.90 bits per heavy atom. The third-order valence-electron chi connectivity index (χ3n) is 6.62. The summed E-state index contributed by atoms with van der Waals surface area (Å²) in [6.45, 7) is 1.31. The van der Waals surface area contributed by atoms with E-state index in [4.69, 9.17) is 21.3 Å².